The van der Waals surface area contributed by atoms with Crippen LogP contribution in [-0.2, 0) is 11.3 Å². The summed E-state index contributed by atoms with van der Waals surface area (Å²) in [5.41, 5.74) is 5.72. The van der Waals surface area contributed by atoms with Gasteiger partial charge in [0.25, 0.3) is 0 Å². The van der Waals surface area contributed by atoms with E-state index in [0.717, 1.165) is 25.3 Å². The van der Waals surface area contributed by atoms with Gasteiger partial charge in [-0.15, -0.1) is 0 Å². The maximum Gasteiger partial charge on any atom is 0.237 e. The van der Waals surface area contributed by atoms with Gasteiger partial charge in [0.05, 0.1) is 18.8 Å². The zero-order valence-corrected chi connectivity index (χ0v) is 11.5. The smallest absolute Gasteiger partial charge is 0.237 e. The maximum atomic E-state index is 12.1. The topological polar surface area (TPSA) is 71.5 Å². The van der Waals surface area contributed by atoms with E-state index in [2.05, 4.69) is 10.2 Å². The lowest BCUT2D eigenvalue weighted by molar-refractivity contribution is -0.126. The van der Waals surface area contributed by atoms with Gasteiger partial charge >= 0.3 is 0 Å². The number of nitrogens with one attached hydrogen (secondary N) is 1. The summed E-state index contributed by atoms with van der Waals surface area (Å²) in [7, 11) is 0. The van der Waals surface area contributed by atoms with Gasteiger partial charge in [0.15, 0.2) is 0 Å². The van der Waals surface area contributed by atoms with E-state index in [9.17, 15) is 4.79 Å². The molecule has 0 saturated carbocycles. The third-order valence-corrected chi connectivity index (χ3v) is 3.83. The van der Waals surface area contributed by atoms with Gasteiger partial charge in [-0.2, -0.15) is 0 Å². The molecular formula is C14H23N3O2. The van der Waals surface area contributed by atoms with Crippen molar-refractivity contribution in [1.82, 2.24) is 10.2 Å². The number of hydrogen-bond acceptors (Lipinski definition) is 4. The van der Waals surface area contributed by atoms with Gasteiger partial charge in [0.2, 0.25) is 5.91 Å². The zero-order chi connectivity index (χ0) is 13.7. The van der Waals surface area contributed by atoms with Crippen LogP contribution in [0.1, 0.15) is 25.5 Å². The summed E-state index contributed by atoms with van der Waals surface area (Å²) >= 11 is 0. The highest BCUT2D eigenvalue weighted by Crippen LogP contribution is 2.17. The molecule has 0 aliphatic carbocycles. The number of carbonyl (C=O) groups is 1. The molecule has 19 heavy (non-hydrogen) atoms. The fraction of sp³-hybridized carbons (Fsp3) is 0.643. The average Bonchev–Trinajstić information content (AvgIpc) is 2.97. The van der Waals surface area contributed by atoms with Crippen LogP contribution in [-0.4, -0.2) is 36.5 Å². The van der Waals surface area contributed by atoms with E-state index < -0.39 is 0 Å². The maximum absolute atomic E-state index is 12.1. The number of nitrogens with zero attached hydrogens (tertiary/aromatic N) is 1. The Labute approximate surface area is 114 Å². The second-order valence-electron chi connectivity index (χ2n) is 5.21. The van der Waals surface area contributed by atoms with E-state index >= 15 is 0 Å². The molecule has 1 aromatic rings. The first-order valence-electron chi connectivity index (χ1n) is 6.95. The van der Waals surface area contributed by atoms with Gasteiger partial charge in [0.1, 0.15) is 5.76 Å². The van der Waals surface area contributed by atoms with Crippen molar-refractivity contribution < 1.29 is 9.21 Å². The molecule has 1 aliphatic rings. The molecule has 1 aromatic heterocycles. The molecule has 1 fully saturated rings. The van der Waals surface area contributed by atoms with Gasteiger partial charge < -0.3 is 15.5 Å². The molecule has 5 nitrogen and oxygen atoms in total. The highest BCUT2D eigenvalue weighted by molar-refractivity contribution is 5.81. The van der Waals surface area contributed by atoms with E-state index in [-0.39, 0.29) is 11.9 Å². The Balaban J connectivity index is 1.81. The van der Waals surface area contributed by atoms with Crippen LogP contribution in [0.4, 0.5) is 0 Å². The fourth-order valence-corrected chi connectivity index (χ4v) is 2.54. The minimum absolute atomic E-state index is 0.0501. The van der Waals surface area contributed by atoms with E-state index in [1.165, 1.54) is 6.42 Å². The molecule has 3 N–H and O–H groups in total. The molecule has 0 aromatic carbocycles. The highest BCUT2D eigenvalue weighted by atomic mass is 16.3. The second-order valence-corrected chi connectivity index (χ2v) is 5.21. The minimum Gasteiger partial charge on any atom is -0.467 e. The van der Waals surface area contributed by atoms with Crippen LogP contribution < -0.4 is 11.1 Å². The van der Waals surface area contributed by atoms with Gasteiger partial charge in [-0.05, 0) is 50.9 Å². The summed E-state index contributed by atoms with van der Waals surface area (Å²) in [5, 5.41) is 2.91. The van der Waals surface area contributed by atoms with Crippen LogP contribution in [0.3, 0.4) is 0 Å². The molecule has 1 aliphatic heterocycles. The molecule has 2 heterocycles. The third kappa shape index (κ3) is 3.81. The lowest BCUT2D eigenvalue weighted by Crippen LogP contribution is -2.49. The Morgan fingerprint density at radius 2 is 2.53 bits per heavy atom. The summed E-state index contributed by atoms with van der Waals surface area (Å²) in [4.78, 5) is 14.3. The summed E-state index contributed by atoms with van der Waals surface area (Å²) < 4.78 is 5.20. The second kappa shape index (κ2) is 6.73. The van der Waals surface area contributed by atoms with Crippen molar-refractivity contribution >= 4 is 5.91 Å². The molecular weight excluding hydrogens is 242 g/mol. The van der Waals surface area contributed by atoms with Crippen molar-refractivity contribution in [2.45, 2.75) is 32.4 Å². The molecule has 2 rings (SSSR count). The number of carbonyl (C=O) groups excluding carboxylic acids is 1. The molecule has 1 saturated heterocycles. The predicted octanol–water partition coefficient (Wildman–Crippen LogP) is 0.955. The number of amides is 1. The van der Waals surface area contributed by atoms with Crippen molar-refractivity contribution in [3.05, 3.63) is 24.2 Å². The number of likely N-dealkylation sites (tertiary alicyclic amines) is 1. The molecule has 1 amide bonds. The van der Waals surface area contributed by atoms with E-state index in [1.54, 1.807) is 6.26 Å². The Morgan fingerprint density at radius 1 is 1.68 bits per heavy atom. The molecule has 0 spiro atoms. The molecule has 106 valence electrons. The summed E-state index contributed by atoms with van der Waals surface area (Å²) in [6, 6.07) is 3.57. The standard InChI is InChI=1S/C14H23N3O2/c1-11(17-6-2-4-12(8-15)10-17)14(18)16-9-13-5-3-7-19-13/h3,5,7,11-12H,2,4,6,8-10,15H2,1H3,(H,16,18). The van der Waals surface area contributed by atoms with Crippen LogP contribution in [0.25, 0.3) is 0 Å². The zero-order valence-electron chi connectivity index (χ0n) is 11.5. The normalized spacial score (nSPS) is 22.1. The molecule has 2 unspecified atom stereocenters. The molecule has 0 radical (unpaired) electrons. The van der Waals surface area contributed by atoms with E-state index in [4.69, 9.17) is 10.2 Å². The minimum atomic E-state index is -0.107. The number of furan rings is 1. The van der Waals surface area contributed by atoms with Gasteiger partial charge in [-0.25, -0.2) is 0 Å². The Morgan fingerprint density at radius 3 is 3.21 bits per heavy atom. The number of rotatable bonds is 5. The fourth-order valence-electron chi connectivity index (χ4n) is 2.54. The van der Waals surface area contributed by atoms with Crippen LogP contribution >= 0.6 is 0 Å². The highest BCUT2D eigenvalue weighted by Gasteiger charge is 2.26. The Kier molecular flexibility index (Phi) is 4.99. The Hall–Kier alpha value is -1.33. The molecule has 5 heteroatoms. The number of hydrogen-bond donors (Lipinski definition) is 2. The lowest BCUT2D eigenvalue weighted by Gasteiger charge is -2.35. The van der Waals surface area contributed by atoms with Crippen molar-refractivity contribution in [1.29, 1.82) is 0 Å². The van der Waals surface area contributed by atoms with Crippen molar-refractivity contribution in [3.63, 3.8) is 0 Å². The first-order chi connectivity index (χ1) is 9.20. The SMILES string of the molecule is CC(C(=O)NCc1ccco1)N1CCCC(CN)C1. The van der Waals surface area contributed by atoms with Gasteiger partial charge in [0, 0.05) is 6.54 Å². The summed E-state index contributed by atoms with van der Waals surface area (Å²) in [6.45, 7) is 5.01. The van der Waals surface area contributed by atoms with Gasteiger partial charge in [-0.3, -0.25) is 9.69 Å². The Bertz CT molecular complexity index is 391. The van der Waals surface area contributed by atoms with Crippen LogP contribution in [0, 0.1) is 5.92 Å². The van der Waals surface area contributed by atoms with Crippen LogP contribution in [0.5, 0.6) is 0 Å². The predicted molar refractivity (Wildman–Crippen MR) is 73.4 cm³/mol. The van der Waals surface area contributed by atoms with E-state index in [1.807, 2.05) is 19.1 Å². The largest absolute Gasteiger partial charge is 0.467 e. The van der Waals surface area contributed by atoms with Crippen molar-refractivity contribution in [3.8, 4) is 0 Å². The first-order valence-corrected chi connectivity index (χ1v) is 6.95. The quantitative estimate of drug-likeness (QED) is 0.831. The van der Waals surface area contributed by atoms with Gasteiger partial charge in [-0.1, -0.05) is 0 Å². The first kappa shape index (κ1) is 14.1. The lowest BCUT2D eigenvalue weighted by atomic mass is 9.97. The molecule has 0 bridgehead atoms. The number of piperidine rings is 1. The average molecular weight is 265 g/mol. The third-order valence-electron chi connectivity index (χ3n) is 3.83. The van der Waals surface area contributed by atoms with Crippen LogP contribution in [0.15, 0.2) is 22.8 Å². The van der Waals surface area contributed by atoms with Crippen LogP contribution in [0.2, 0.25) is 0 Å². The van der Waals surface area contributed by atoms with E-state index in [0.29, 0.717) is 19.0 Å². The molecule has 2 atom stereocenters. The monoisotopic (exact) mass is 265 g/mol. The summed E-state index contributed by atoms with van der Waals surface area (Å²) in [6.07, 6.45) is 3.91. The summed E-state index contributed by atoms with van der Waals surface area (Å²) in [5.74, 6) is 1.35. The van der Waals surface area contributed by atoms with Crippen molar-refractivity contribution in [2.24, 2.45) is 11.7 Å². The number of nitrogens with two attached hydrogens (primary N) is 1. The van der Waals surface area contributed by atoms with Crippen molar-refractivity contribution in [2.75, 3.05) is 19.6 Å².